The minimum absolute atomic E-state index is 0.397. The van der Waals surface area contributed by atoms with E-state index in [1.54, 1.807) is 25.5 Å². The van der Waals surface area contributed by atoms with Crippen LogP contribution in [0.25, 0.3) is 0 Å². The second-order valence-electron chi connectivity index (χ2n) is 5.35. The molecule has 2 aromatic rings. The molecule has 2 rings (SSSR count). The van der Waals surface area contributed by atoms with Gasteiger partial charge in [0.25, 0.3) is 0 Å². The number of carbonyl (C=O) groups is 1. The Morgan fingerprint density at radius 3 is 2.69 bits per heavy atom. The topological polar surface area (TPSA) is 77.3 Å². The van der Waals surface area contributed by atoms with Gasteiger partial charge in [-0.25, -0.2) is 4.79 Å². The molecule has 0 saturated heterocycles. The molecule has 0 aliphatic rings. The summed E-state index contributed by atoms with van der Waals surface area (Å²) in [6.07, 6.45) is 3.92. The monoisotopic (exact) mass is 355 g/mol. The van der Waals surface area contributed by atoms with E-state index >= 15 is 0 Å². The average Bonchev–Trinajstić information content (AvgIpc) is 2.65. The molecule has 0 bridgehead atoms. The number of carboxylic acid groups (broad SMARTS) is 1. The summed E-state index contributed by atoms with van der Waals surface area (Å²) in [6.45, 7) is 3.28. The zero-order chi connectivity index (χ0) is 18.9. The molecule has 0 spiro atoms. The summed E-state index contributed by atoms with van der Waals surface area (Å²) in [5.74, 6) is 0.508. The first-order valence-corrected chi connectivity index (χ1v) is 7.92. The number of benzene rings is 2. The number of nitrogens with zero attached hydrogens (tertiary/aromatic N) is 1. The van der Waals surface area contributed by atoms with Crippen LogP contribution in [0.4, 0.5) is 5.69 Å². The molecular weight excluding hydrogens is 334 g/mol. The van der Waals surface area contributed by atoms with Crippen molar-refractivity contribution in [1.29, 1.82) is 0 Å². The van der Waals surface area contributed by atoms with Gasteiger partial charge in [-0.1, -0.05) is 12.1 Å². The average molecular weight is 355 g/mol. The predicted octanol–water partition coefficient (Wildman–Crippen LogP) is 3.65. The normalized spacial score (nSPS) is 10.5. The molecule has 0 heterocycles. The summed E-state index contributed by atoms with van der Waals surface area (Å²) in [6, 6.07) is 11.0. The van der Waals surface area contributed by atoms with Crippen LogP contribution in [-0.2, 0) is 11.2 Å². The first-order chi connectivity index (χ1) is 12.6. The SMILES string of the molecule is C=CCc1cc(C=Nc2cccc(OC)c2)cc(OC)c1OCC(=O)O. The molecule has 0 atom stereocenters. The third-order valence-electron chi connectivity index (χ3n) is 3.49. The Bertz CT molecular complexity index is 814. The lowest BCUT2D eigenvalue weighted by molar-refractivity contribution is -0.139. The zero-order valence-electron chi connectivity index (χ0n) is 14.8. The summed E-state index contributed by atoms with van der Waals surface area (Å²) in [7, 11) is 3.11. The Hall–Kier alpha value is -3.28. The van der Waals surface area contributed by atoms with E-state index in [9.17, 15) is 4.79 Å². The fourth-order valence-electron chi connectivity index (χ4n) is 2.35. The smallest absolute Gasteiger partial charge is 0.341 e. The quantitative estimate of drug-likeness (QED) is 0.549. The lowest BCUT2D eigenvalue weighted by atomic mass is 10.1. The second-order valence-corrected chi connectivity index (χ2v) is 5.35. The number of aliphatic carboxylic acids is 1. The van der Waals surface area contributed by atoms with Gasteiger partial charge in [-0.15, -0.1) is 6.58 Å². The fourth-order valence-corrected chi connectivity index (χ4v) is 2.35. The van der Waals surface area contributed by atoms with Crippen molar-refractivity contribution in [2.45, 2.75) is 6.42 Å². The predicted molar refractivity (Wildman–Crippen MR) is 100 cm³/mol. The van der Waals surface area contributed by atoms with Crippen molar-refractivity contribution in [3.63, 3.8) is 0 Å². The summed E-state index contributed by atoms with van der Waals surface area (Å²) in [4.78, 5) is 15.2. The summed E-state index contributed by atoms with van der Waals surface area (Å²) < 4.78 is 15.9. The maximum Gasteiger partial charge on any atom is 0.341 e. The number of ether oxygens (including phenoxy) is 3. The van der Waals surface area contributed by atoms with Crippen LogP contribution in [0.2, 0.25) is 0 Å². The molecule has 2 aromatic carbocycles. The van der Waals surface area contributed by atoms with Gasteiger partial charge in [0.1, 0.15) is 5.75 Å². The van der Waals surface area contributed by atoms with Gasteiger partial charge in [-0.2, -0.15) is 0 Å². The lowest BCUT2D eigenvalue weighted by Crippen LogP contribution is -2.11. The molecule has 1 N–H and O–H groups in total. The highest BCUT2D eigenvalue weighted by molar-refractivity contribution is 5.84. The Balaban J connectivity index is 2.36. The molecule has 0 amide bonds. The molecule has 0 aliphatic carbocycles. The number of rotatable bonds is 9. The number of aliphatic imine (C=N–C) groups is 1. The van der Waals surface area contributed by atoms with Crippen molar-refractivity contribution in [1.82, 2.24) is 0 Å². The van der Waals surface area contributed by atoms with E-state index < -0.39 is 12.6 Å². The maximum absolute atomic E-state index is 10.8. The van der Waals surface area contributed by atoms with Crippen LogP contribution in [0, 0.1) is 0 Å². The maximum atomic E-state index is 10.8. The molecular formula is C20H21NO5. The zero-order valence-corrected chi connectivity index (χ0v) is 14.8. The molecule has 6 nitrogen and oxygen atoms in total. The van der Waals surface area contributed by atoms with Crippen LogP contribution >= 0.6 is 0 Å². The first kappa shape index (κ1) is 19.1. The van der Waals surface area contributed by atoms with E-state index in [1.807, 2.05) is 30.3 Å². The van der Waals surface area contributed by atoms with Crippen LogP contribution in [0.15, 0.2) is 54.0 Å². The van der Waals surface area contributed by atoms with Gasteiger partial charge in [0.2, 0.25) is 0 Å². The van der Waals surface area contributed by atoms with Gasteiger partial charge >= 0.3 is 5.97 Å². The van der Waals surface area contributed by atoms with Gasteiger partial charge < -0.3 is 19.3 Å². The molecule has 136 valence electrons. The van der Waals surface area contributed by atoms with Crippen molar-refractivity contribution in [3.8, 4) is 17.2 Å². The van der Waals surface area contributed by atoms with Crippen molar-refractivity contribution in [2.75, 3.05) is 20.8 Å². The summed E-state index contributed by atoms with van der Waals surface area (Å²) in [5.41, 5.74) is 2.32. The van der Waals surface area contributed by atoms with E-state index in [0.29, 0.717) is 17.9 Å². The van der Waals surface area contributed by atoms with Crippen LogP contribution < -0.4 is 14.2 Å². The van der Waals surface area contributed by atoms with Gasteiger partial charge in [-0.05, 0) is 36.2 Å². The molecule has 6 heteroatoms. The number of hydrogen-bond donors (Lipinski definition) is 1. The summed E-state index contributed by atoms with van der Waals surface area (Å²) in [5, 5.41) is 8.85. The van der Waals surface area contributed by atoms with E-state index in [1.165, 1.54) is 7.11 Å². The molecule has 26 heavy (non-hydrogen) atoms. The lowest BCUT2D eigenvalue weighted by Gasteiger charge is -2.14. The van der Waals surface area contributed by atoms with Gasteiger partial charge in [0.05, 0.1) is 19.9 Å². The highest BCUT2D eigenvalue weighted by Crippen LogP contribution is 2.33. The van der Waals surface area contributed by atoms with E-state index in [-0.39, 0.29) is 0 Å². The Morgan fingerprint density at radius 2 is 2.04 bits per heavy atom. The third-order valence-corrected chi connectivity index (χ3v) is 3.49. The van der Waals surface area contributed by atoms with E-state index in [0.717, 1.165) is 22.6 Å². The molecule has 0 fully saturated rings. The van der Waals surface area contributed by atoms with Crippen LogP contribution in [0.3, 0.4) is 0 Å². The van der Waals surface area contributed by atoms with E-state index in [2.05, 4.69) is 11.6 Å². The van der Waals surface area contributed by atoms with Crippen molar-refractivity contribution < 1.29 is 24.1 Å². The van der Waals surface area contributed by atoms with Gasteiger partial charge in [0, 0.05) is 17.8 Å². The van der Waals surface area contributed by atoms with Crippen LogP contribution in [-0.4, -0.2) is 38.1 Å². The number of carboxylic acids is 1. The molecule has 0 aliphatic heterocycles. The largest absolute Gasteiger partial charge is 0.497 e. The van der Waals surface area contributed by atoms with Crippen molar-refractivity contribution in [2.24, 2.45) is 4.99 Å². The Morgan fingerprint density at radius 1 is 1.23 bits per heavy atom. The van der Waals surface area contributed by atoms with Crippen molar-refractivity contribution in [3.05, 3.63) is 60.2 Å². The van der Waals surface area contributed by atoms with Crippen LogP contribution in [0.5, 0.6) is 17.2 Å². The van der Waals surface area contributed by atoms with Crippen LogP contribution in [0.1, 0.15) is 11.1 Å². The number of hydrogen-bond acceptors (Lipinski definition) is 5. The Labute approximate surface area is 152 Å². The highest BCUT2D eigenvalue weighted by atomic mass is 16.5. The molecule has 0 radical (unpaired) electrons. The van der Waals surface area contributed by atoms with Crippen molar-refractivity contribution >= 4 is 17.9 Å². The number of methoxy groups -OCH3 is 2. The molecule has 0 unspecified atom stereocenters. The van der Waals surface area contributed by atoms with Gasteiger partial charge in [0.15, 0.2) is 18.1 Å². The second kappa shape index (κ2) is 9.27. The van der Waals surface area contributed by atoms with E-state index in [4.69, 9.17) is 19.3 Å². The third kappa shape index (κ3) is 5.11. The Kier molecular flexibility index (Phi) is 6.79. The summed E-state index contributed by atoms with van der Waals surface area (Å²) >= 11 is 0. The number of allylic oxidation sites excluding steroid dienone is 1. The van der Waals surface area contributed by atoms with Gasteiger partial charge in [-0.3, -0.25) is 4.99 Å². The minimum atomic E-state index is -1.06. The highest BCUT2D eigenvalue weighted by Gasteiger charge is 2.13. The molecule has 0 aromatic heterocycles. The first-order valence-electron chi connectivity index (χ1n) is 7.92. The minimum Gasteiger partial charge on any atom is -0.497 e. The molecule has 0 saturated carbocycles. The fraction of sp³-hybridized carbons (Fsp3) is 0.200. The standard InChI is InChI=1S/C20H21NO5/c1-4-6-15-9-14(10-18(25-3)20(15)26-13-19(22)23)12-21-16-7-5-8-17(11-16)24-2/h4-5,7-12H,1,6,13H2,2-3H3,(H,22,23).